The molecular weight excluding hydrogens is 677 g/mol. The summed E-state index contributed by atoms with van der Waals surface area (Å²) in [5, 5.41) is 10.3. The molecule has 50 heavy (non-hydrogen) atoms. The van der Waals surface area contributed by atoms with Gasteiger partial charge < -0.3 is 29.5 Å². The highest BCUT2D eigenvalue weighted by Crippen LogP contribution is 2.41. The second-order valence-electron chi connectivity index (χ2n) is 13.4. The van der Waals surface area contributed by atoms with Crippen LogP contribution < -0.4 is 5.69 Å². The highest BCUT2D eigenvalue weighted by molar-refractivity contribution is 6.32. The van der Waals surface area contributed by atoms with Crippen molar-refractivity contribution >= 4 is 45.5 Å². The fourth-order valence-electron chi connectivity index (χ4n) is 7.73. The number of aromatic hydroxyl groups is 1. The molecule has 0 spiro atoms. The Morgan fingerprint density at radius 2 is 1.64 bits per heavy atom. The normalized spacial score (nSPS) is 19.0. The first-order valence-corrected chi connectivity index (χ1v) is 17.4. The number of nitrogens with zero attached hydrogens (tertiary/aromatic N) is 5. The van der Waals surface area contributed by atoms with E-state index in [-0.39, 0.29) is 36.8 Å². The number of ether oxygens (including phenoxy) is 1. The van der Waals surface area contributed by atoms with Crippen LogP contribution in [-0.4, -0.2) is 97.8 Å². The number of likely N-dealkylation sites (tertiary alicyclic amines) is 3. The number of H-pyrrole nitrogens is 1. The minimum absolute atomic E-state index is 0.00298. The largest absolute Gasteiger partial charge is 0.506 e. The van der Waals surface area contributed by atoms with Gasteiger partial charge in [-0.15, -0.1) is 0 Å². The number of carbonyl (C=O) groups is 2. The number of para-hydroxylation sites is 1. The van der Waals surface area contributed by atoms with Crippen LogP contribution in [0.15, 0.2) is 47.4 Å². The molecule has 266 valence electrons. The summed E-state index contributed by atoms with van der Waals surface area (Å²) in [5.41, 5.74) is 0.508. The van der Waals surface area contributed by atoms with Crippen molar-refractivity contribution in [3.05, 3.63) is 69.2 Å². The number of benzene rings is 2. The van der Waals surface area contributed by atoms with Crippen LogP contribution in [0.4, 0.5) is 18.0 Å². The summed E-state index contributed by atoms with van der Waals surface area (Å²) in [6, 6.07) is 9.54. The van der Waals surface area contributed by atoms with Crippen LogP contribution >= 0.6 is 11.6 Å². The molecule has 2 aromatic heterocycles. The van der Waals surface area contributed by atoms with Crippen molar-refractivity contribution in [2.75, 3.05) is 39.3 Å². The second-order valence-corrected chi connectivity index (χ2v) is 13.8. The molecule has 7 rings (SSSR count). The molecule has 5 heterocycles. The molecule has 0 aliphatic carbocycles. The van der Waals surface area contributed by atoms with Gasteiger partial charge in [-0.3, -0.25) is 14.3 Å². The van der Waals surface area contributed by atoms with E-state index in [1.54, 1.807) is 15.7 Å². The zero-order valence-electron chi connectivity index (χ0n) is 27.3. The van der Waals surface area contributed by atoms with E-state index in [0.717, 1.165) is 61.8 Å². The summed E-state index contributed by atoms with van der Waals surface area (Å²) in [7, 11) is 0. The van der Waals surface area contributed by atoms with E-state index in [9.17, 15) is 32.7 Å². The van der Waals surface area contributed by atoms with Gasteiger partial charge in [0.05, 0.1) is 33.3 Å². The lowest BCUT2D eigenvalue weighted by molar-refractivity contribution is -0.142. The fourth-order valence-corrected chi connectivity index (χ4v) is 7.97. The number of pyridine rings is 1. The van der Waals surface area contributed by atoms with E-state index in [2.05, 4.69) is 14.9 Å². The Morgan fingerprint density at radius 3 is 2.34 bits per heavy atom. The average Bonchev–Trinajstić information content (AvgIpc) is 3.77. The average molecular weight is 715 g/mol. The van der Waals surface area contributed by atoms with Crippen LogP contribution in [0.25, 0.3) is 21.9 Å². The molecule has 2 amide bonds. The summed E-state index contributed by atoms with van der Waals surface area (Å²) in [5.74, 6) is -1.59. The van der Waals surface area contributed by atoms with Gasteiger partial charge in [-0.25, -0.2) is 9.59 Å². The number of nitrogens with one attached hydrogen (secondary N) is 1. The number of alkyl halides is 3. The maximum absolute atomic E-state index is 13.9. The van der Waals surface area contributed by atoms with Gasteiger partial charge in [0, 0.05) is 50.1 Å². The summed E-state index contributed by atoms with van der Waals surface area (Å²) < 4.78 is 48.6. The van der Waals surface area contributed by atoms with Crippen LogP contribution in [0, 0.1) is 0 Å². The van der Waals surface area contributed by atoms with E-state index in [1.165, 1.54) is 4.90 Å². The fraction of sp³-hybridized carbons (Fsp3) is 0.486. The van der Waals surface area contributed by atoms with Crippen molar-refractivity contribution in [3.8, 4) is 5.75 Å². The summed E-state index contributed by atoms with van der Waals surface area (Å²) in [4.78, 5) is 53.6. The number of fused-ring (bicyclic) bond motifs is 3. The number of aromatic amines is 1. The van der Waals surface area contributed by atoms with Gasteiger partial charge in [0.2, 0.25) is 0 Å². The van der Waals surface area contributed by atoms with Gasteiger partial charge in [-0.2, -0.15) is 13.2 Å². The quantitative estimate of drug-likeness (QED) is 0.262. The standard InChI is InChI=1S/C35H38ClF3N6O5/c36-26-18-21(17-25(31(26)46)35(37,38)39)19-29(32(47)43-13-7-22(8-14-43)42-11-3-4-12-42)50-34(49)44-15-9-23(10-16-44)45-28-20-40-27-6-2-1-5-24(27)30(28)41-33(45)48/h1-2,5-6,17-18,20,22-23,29,46H,3-4,7-16,19H2,(H,41,48)/t29-/m1/s1. The lowest BCUT2D eigenvalue weighted by Crippen LogP contribution is -2.51. The molecule has 3 fully saturated rings. The number of halogens is 4. The van der Waals surface area contributed by atoms with E-state index < -0.39 is 40.6 Å². The Labute approximate surface area is 290 Å². The molecule has 0 bridgehead atoms. The van der Waals surface area contributed by atoms with E-state index in [4.69, 9.17) is 16.3 Å². The molecule has 2 aromatic carbocycles. The van der Waals surface area contributed by atoms with Crippen molar-refractivity contribution in [2.24, 2.45) is 0 Å². The Morgan fingerprint density at radius 1 is 0.980 bits per heavy atom. The number of phenolic OH excluding ortho intramolecular Hbond substituents is 1. The number of carbonyl (C=O) groups excluding carboxylic acids is 2. The first kappa shape index (κ1) is 34.2. The first-order chi connectivity index (χ1) is 24.0. The highest BCUT2D eigenvalue weighted by Gasteiger charge is 2.38. The minimum Gasteiger partial charge on any atom is -0.506 e. The minimum atomic E-state index is -4.89. The van der Waals surface area contributed by atoms with Crippen molar-refractivity contribution in [3.63, 3.8) is 0 Å². The van der Waals surface area contributed by atoms with Crippen molar-refractivity contribution in [2.45, 2.75) is 69.3 Å². The van der Waals surface area contributed by atoms with Crippen molar-refractivity contribution in [1.29, 1.82) is 0 Å². The van der Waals surface area contributed by atoms with Gasteiger partial charge >= 0.3 is 18.0 Å². The lowest BCUT2D eigenvalue weighted by atomic mass is 10.00. The molecule has 3 aliphatic rings. The predicted molar refractivity (Wildman–Crippen MR) is 180 cm³/mol. The van der Waals surface area contributed by atoms with E-state index in [0.29, 0.717) is 43.0 Å². The van der Waals surface area contributed by atoms with Gasteiger partial charge in [0.1, 0.15) is 5.75 Å². The van der Waals surface area contributed by atoms with Crippen LogP contribution in [-0.2, 0) is 22.1 Å². The number of hydrogen-bond donors (Lipinski definition) is 2. The maximum Gasteiger partial charge on any atom is 0.420 e. The van der Waals surface area contributed by atoms with E-state index >= 15 is 0 Å². The Bertz CT molecular complexity index is 1960. The van der Waals surface area contributed by atoms with Crippen LogP contribution in [0.2, 0.25) is 5.02 Å². The molecule has 3 saturated heterocycles. The topological polar surface area (TPSA) is 124 Å². The Balaban J connectivity index is 1.07. The predicted octanol–water partition coefficient (Wildman–Crippen LogP) is 5.73. The maximum atomic E-state index is 13.9. The summed E-state index contributed by atoms with van der Waals surface area (Å²) in [6.45, 7) is 3.40. The van der Waals surface area contributed by atoms with Crippen LogP contribution in [0.3, 0.4) is 0 Å². The summed E-state index contributed by atoms with van der Waals surface area (Å²) >= 11 is 5.98. The van der Waals surface area contributed by atoms with Gasteiger partial charge in [-0.1, -0.05) is 29.8 Å². The molecule has 4 aromatic rings. The van der Waals surface area contributed by atoms with Crippen molar-refractivity contribution < 1.29 is 32.6 Å². The molecule has 3 aliphatic heterocycles. The molecule has 11 nitrogen and oxygen atoms in total. The number of hydrogen-bond acceptors (Lipinski definition) is 7. The Kier molecular flexibility index (Phi) is 9.42. The SMILES string of the molecule is O=C(O[C@H](Cc1cc(Cl)c(O)c(C(F)(F)F)c1)C(=O)N1CCC(N2CCCC2)CC1)N1CCC(n2c(=O)[nH]c3c4ccccc4ncc32)CC1. The monoisotopic (exact) mass is 714 g/mol. The number of amides is 2. The van der Waals surface area contributed by atoms with Crippen LogP contribution in [0.5, 0.6) is 5.75 Å². The lowest BCUT2D eigenvalue weighted by Gasteiger charge is -2.38. The number of rotatable bonds is 6. The molecule has 0 radical (unpaired) electrons. The molecule has 15 heteroatoms. The number of imidazole rings is 1. The molecular formula is C35H38ClF3N6O5. The van der Waals surface area contributed by atoms with E-state index in [1.807, 2.05) is 24.3 Å². The summed E-state index contributed by atoms with van der Waals surface area (Å²) in [6.07, 6.45) is -1.11. The van der Waals surface area contributed by atoms with Gasteiger partial charge in [-0.05, 0) is 75.4 Å². The van der Waals surface area contributed by atoms with Gasteiger partial charge in [0.15, 0.2) is 6.10 Å². The second kappa shape index (κ2) is 13.8. The third-order valence-corrected chi connectivity index (χ3v) is 10.6. The third kappa shape index (κ3) is 6.74. The zero-order chi connectivity index (χ0) is 35.2. The molecule has 1 atom stereocenters. The zero-order valence-corrected chi connectivity index (χ0v) is 28.0. The number of phenols is 1. The van der Waals surface area contributed by atoms with Gasteiger partial charge in [0.25, 0.3) is 5.91 Å². The van der Waals surface area contributed by atoms with Crippen molar-refractivity contribution in [1.82, 2.24) is 29.2 Å². The third-order valence-electron chi connectivity index (χ3n) is 10.4. The number of piperidine rings is 2. The molecule has 0 unspecified atom stereocenters. The smallest absolute Gasteiger partial charge is 0.420 e. The first-order valence-electron chi connectivity index (χ1n) is 17.0. The Hall–Kier alpha value is -4.30. The molecule has 0 saturated carbocycles. The van der Waals surface area contributed by atoms with Crippen LogP contribution in [0.1, 0.15) is 55.7 Å². The highest BCUT2D eigenvalue weighted by atomic mass is 35.5. The molecule has 2 N–H and O–H groups in total. The number of aromatic nitrogens is 3.